The van der Waals surface area contributed by atoms with Crippen LogP contribution in [0.2, 0.25) is 5.02 Å². The van der Waals surface area contributed by atoms with E-state index in [1.807, 2.05) is 38.1 Å². The second-order valence-corrected chi connectivity index (χ2v) is 4.37. The van der Waals surface area contributed by atoms with Crippen molar-refractivity contribution in [3.8, 4) is 11.3 Å². The Bertz CT molecular complexity index is 503. The number of aromatic amines is 1. The molecule has 3 nitrogen and oxygen atoms in total. The van der Waals surface area contributed by atoms with Crippen molar-refractivity contribution in [3.05, 3.63) is 40.5 Å². The minimum atomic E-state index is -0.0327. The molecule has 0 saturated carbocycles. The summed E-state index contributed by atoms with van der Waals surface area (Å²) in [5, 5.41) is 7.93. The van der Waals surface area contributed by atoms with Crippen LogP contribution in [0.25, 0.3) is 11.3 Å². The molecule has 1 aromatic heterocycles. The summed E-state index contributed by atoms with van der Waals surface area (Å²) in [6.45, 7) is 3.90. The number of rotatable bonds is 2. The molecule has 84 valence electrons. The molecule has 0 aliphatic carbocycles. The number of nitrogens with one attached hydrogen (secondary N) is 1. The Hall–Kier alpha value is -1.32. The molecule has 1 heterocycles. The predicted octanol–water partition coefficient (Wildman–Crippen LogP) is 3.06. The van der Waals surface area contributed by atoms with Gasteiger partial charge < -0.3 is 5.73 Å². The summed E-state index contributed by atoms with van der Waals surface area (Å²) in [4.78, 5) is 0. The van der Waals surface area contributed by atoms with E-state index in [1.165, 1.54) is 0 Å². The fourth-order valence-corrected chi connectivity index (χ4v) is 1.64. The van der Waals surface area contributed by atoms with Crippen LogP contribution in [-0.4, -0.2) is 10.2 Å². The summed E-state index contributed by atoms with van der Waals surface area (Å²) >= 11 is 5.98. The van der Waals surface area contributed by atoms with Crippen molar-refractivity contribution in [2.45, 2.75) is 19.9 Å². The number of aryl methyl sites for hydroxylation is 1. The largest absolute Gasteiger partial charge is 0.323 e. The van der Waals surface area contributed by atoms with Gasteiger partial charge in [0.15, 0.2) is 0 Å². The summed E-state index contributed by atoms with van der Waals surface area (Å²) in [7, 11) is 0. The van der Waals surface area contributed by atoms with Crippen molar-refractivity contribution < 1.29 is 0 Å². The highest BCUT2D eigenvalue weighted by Crippen LogP contribution is 2.24. The third kappa shape index (κ3) is 2.10. The minimum absolute atomic E-state index is 0.0327. The smallest absolute Gasteiger partial charge is 0.0924 e. The SMILES string of the molecule is Cc1cc(-c2cc(C(C)N)[nH]n2)ccc1Cl. The van der Waals surface area contributed by atoms with Crippen LogP contribution in [0.4, 0.5) is 0 Å². The number of hydrogen-bond donors (Lipinski definition) is 2. The summed E-state index contributed by atoms with van der Waals surface area (Å²) in [5.41, 5.74) is 9.69. The van der Waals surface area contributed by atoms with E-state index in [1.54, 1.807) is 0 Å². The lowest BCUT2D eigenvalue weighted by atomic mass is 10.1. The van der Waals surface area contributed by atoms with Crippen molar-refractivity contribution >= 4 is 11.6 Å². The van der Waals surface area contributed by atoms with Gasteiger partial charge in [-0.05, 0) is 37.6 Å². The molecule has 0 bridgehead atoms. The number of nitrogens with two attached hydrogens (primary N) is 1. The molecular weight excluding hydrogens is 222 g/mol. The van der Waals surface area contributed by atoms with Crippen LogP contribution in [0.3, 0.4) is 0 Å². The van der Waals surface area contributed by atoms with E-state index in [-0.39, 0.29) is 6.04 Å². The maximum Gasteiger partial charge on any atom is 0.0924 e. The van der Waals surface area contributed by atoms with E-state index in [0.717, 1.165) is 27.5 Å². The second-order valence-electron chi connectivity index (χ2n) is 3.96. The lowest BCUT2D eigenvalue weighted by molar-refractivity contribution is 0.772. The van der Waals surface area contributed by atoms with E-state index < -0.39 is 0 Å². The van der Waals surface area contributed by atoms with Gasteiger partial charge in [-0.1, -0.05) is 17.7 Å². The van der Waals surface area contributed by atoms with Crippen molar-refractivity contribution in [2.75, 3.05) is 0 Å². The van der Waals surface area contributed by atoms with Gasteiger partial charge in [0.1, 0.15) is 0 Å². The van der Waals surface area contributed by atoms with E-state index in [9.17, 15) is 0 Å². The van der Waals surface area contributed by atoms with Crippen molar-refractivity contribution in [3.63, 3.8) is 0 Å². The standard InChI is InChI=1S/C12H14ClN3/c1-7-5-9(3-4-10(7)13)12-6-11(8(2)14)15-16-12/h3-6,8H,14H2,1-2H3,(H,15,16). The van der Waals surface area contributed by atoms with Gasteiger partial charge in [0.25, 0.3) is 0 Å². The lowest BCUT2D eigenvalue weighted by Gasteiger charge is -2.00. The number of aromatic nitrogens is 2. The van der Waals surface area contributed by atoms with Gasteiger partial charge >= 0.3 is 0 Å². The number of nitrogens with zero attached hydrogens (tertiary/aromatic N) is 1. The highest BCUT2D eigenvalue weighted by Gasteiger charge is 2.07. The molecule has 2 rings (SSSR count). The normalized spacial score (nSPS) is 12.8. The molecule has 2 aromatic rings. The molecule has 3 N–H and O–H groups in total. The zero-order valence-corrected chi connectivity index (χ0v) is 10.0. The predicted molar refractivity (Wildman–Crippen MR) is 66.4 cm³/mol. The van der Waals surface area contributed by atoms with Crippen LogP contribution in [0, 0.1) is 6.92 Å². The molecule has 0 radical (unpaired) electrons. The summed E-state index contributed by atoms with van der Waals surface area (Å²) < 4.78 is 0. The van der Waals surface area contributed by atoms with Crippen molar-refractivity contribution in [2.24, 2.45) is 5.73 Å². The molecule has 4 heteroatoms. The average molecular weight is 236 g/mol. The average Bonchev–Trinajstić information content (AvgIpc) is 2.71. The Kier molecular flexibility index (Phi) is 2.99. The van der Waals surface area contributed by atoms with Gasteiger partial charge in [-0.2, -0.15) is 5.10 Å². The third-order valence-corrected chi connectivity index (χ3v) is 2.97. The Morgan fingerprint density at radius 1 is 1.38 bits per heavy atom. The molecule has 0 aliphatic rings. The zero-order chi connectivity index (χ0) is 11.7. The number of benzene rings is 1. The second kappa shape index (κ2) is 4.28. The van der Waals surface area contributed by atoms with Gasteiger partial charge in [0, 0.05) is 16.6 Å². The van der Waals surface area contributed by atoms with E-state index >= 15 is 0 Å². The molecular formula is C12H14ClN3. The van der Waals surface area contributed by atoms with Crippen LogP contribution in [-0.2, 0) is 0 Å². The zero-order valence-electron chi connectivity index (χ0n) is 9.29. The van der Waals surface area contributed by atoms with Gasteiger partial charge in [0.2, 0.25) is 0 Å². The van der Waals surface area contributed by atoms with Crippen molar-refractivity contribution in [1.82, 2.24) is 10.2 Å². The van der Waals surface area contributed by atoms with E-state index in [0.29, 0.717) is 0 Å². The van der Waals surface area contributed by atoms with Crippen LogP contribution in [0.1, 0.15) is 24.2 Å². The number of H-pyrrole nitrogens is 1. The first-order chi connectivity index (χ1) is 7.58. The number of halogens is 1. The molecule has 0 aliphatic heterocycles. The minimum Gasteiger partial charge on any atom is -0.323 e. The fourth-order valence-electron chi connectivity index (χ4n) is 1.52. The maximum atomic E-state index is 5.98. The molecule has 0 spiro atoms. The van der Waals surface area contributed by atoms with Gasteiger partial charge in [-0.15, -0.1) is 0 Å². The van der Waals surface area contributed by atoms with Gasteiger partial charge in [0.05, 0.1) is 11.4 Å². The molecule has 1 unspecified atom stereocenters. The third-order valence-electron chi connectivity index (χ3n) is 2.54. The number of hydrogen-bond acceptors (Lipinski definition) is 2. The summed E-state index contributed by atoms with van der Waals surface area (Å²) in [6.07, 6.45) is 0. The van der Waals surface area contributed by atoms with Crippen LogP contribution in [0.5, 0.6) is 0 Å². The molecule has 16 heavy (non-hydrogen) atoms. The first-order valence-corrected chi connectivity index (χ1v) is 5.53. The van der Waals surface area contributed by atoms with Crippen LogP contribution < -0.4 is 5.73 Å². The van der Waals surface area contributed by atoms with Crippen LogP contribution >= 0.6 is 11.6 Å². The van der Waals surface area contributed by atoms with Gasteiger partial charge in [-0.25, -0.2) is 0 Å². The quantitative estimate of drug-likeness (QED) is 0.841. The van der Waals surface area contributed by atoms with E-state index in [2.05, 4.69) is 10.2 Å². The van der Waals surface area contributed by atoms with E-state index in [4.69, 9.17) is 17.3 Å². The Balaban J connectivity index is 2.39. The monoisotopic (exact) mass is 235 g/mol. The highest BCUT2D eigenvalue weighted by molar-refractivity contribution is 6.31. The van der Waals surface area contributed by atoms with Gasteiger partial charge in [-0.3, -0.25) is 5.10 Å². The Morgan fingerprint density at radius 2 is 2.12 bits per heavy atom. The topological polar surface area (TPSA) is 54.7 Å². The fraction of sp³-hybridized carbons (Fsp3) is 0.250. The molecule has 0 saturated heterocycles. The highest BCUT2D eigenvalue weighted by atomic mass is 35.5. The summed E-state index contributed by atoms with van der Waals surface area (Å²) in [5.74, 6) is 0. The molecule has 0 fully saturated rings. The molecule has 1 atom stereocenters. The lowest BCUT2D eigenvalue weighted by Crippen LogP contribution is -2.04. The Labute approximate surface area is 99.6 Å². The van der Waals surface area contributed by atoms with Crippen LogP contribution in [0.15, 0.2) is 24.3 Å². The van der Waals surface area contributed by atoms with Crippen molar-refractivity contribution in [1.29, 1.82) is 0 Å². The molecule has 1 aromatic carbocycles. The molecule has 0 amide bonds. The first-order valence-electron chi connectivity index (χ1n) is 5.15. The first kappa shape index (κ1) is 11.2. The summed E-state index contributed by atoms with van der Waals surface area (Å²) in [6, 6.07) is 7.79. The maximum absolute atomic E-state index is 5.98. The Morgan fingerprint density at radius 3 is 2.69 bits per heavy atom.